The molecule has 4 aromatic rings. The van der Waals surface area contributed by atoms with Crippen molar-refractivity contribution >= 4 is 43.8 Å². The van der Waals surface area contributed by atoms with Gasteiger partial charge in [0.15, 0.2) is 35.0 Å². The van der Waals surface area contributed by atoms with Crippen molar-refractivity contribution in [1.29, 1.82) is 0 Å². The van der Waals surface area contributed by atoms with Gasteiger partial charge in [-0.15, -0.1) is 0 Å². The molecule has 2 bridgehead atoms. The van der Waals surface area contributed by atoms with Gasteiger partial charge in [-0.05, 0) is 19.3 Å². The molecule has 20 nitrogen and oxygen atoms in total. The van der Waals surface area contributed by atoms with E-state index in [0.29, 0.717) is 0 Å². The Morgan fingerprint density at radius 3 is 2.61 bits per heavy atom. The summed E-state index contributed by atoms with van der Waals surface area (Å²) in [6, 6.07) is -0.840. The summed E-state index contributed by atoms with van der Waals surface area (Å²) in [5.41, 5.74) is 4.44. The Kier molecular flexibility index (Phi) is 6.64. The molecule has 2 aliphatic carbocycles. The van der Waals surface area contributed by atoms with Crippen molar-refractivity contribution in [2.45, 2.75) is 56.2 Å². The predicted molar refractivity (Wildman–Crippen MR) is 148 cm³/mol. The van der Waals surface area contributed by atoms with E-state index in [1.807, 2.05) is 0 Å². The molecule has 0 radical (unpaired) electrons. The van der Waals surface area contributed by atoms with Crippen LogP contribution in [0.25, 0.3) is 22.3 Å². The van der Waals surface area contributed by atoms with Gasteiger partial charge in [0.05, 0.1) is 31.9 Å². The third-order valence-electron chi connectivity index (χ3n) is 9.01. The molecule has 4 aromatic heterocycles. The first-order valence-electron chi connectivity index (χ1n) is 13.9. The molecule has 4 aliphatic rings. The molecule has 2 unspecified atom stereocenters. The molecule has 23 heteroatoms. The molecule has 8 rings (SSSR count). The zero-order valence-corrected chi connectivity index (χ0v) is 25.3. The Bertz CT molecular complexity index is 2040. The summed E-state index contributed by atoms with van der Waals surface area (Å²) < 4.78 is 72.3. The predicted octanol–water partition coefficient (Wildman–Crippen LogP) is 0.0255. The lowest BCUT2D eigenvalue weighted by molar-refractivity contribution is -0.0661. The van der Waals surface area contributed by atoms with E-state index in [2.05, 4.69) is 29.9 Å². The number of aliphatic hydroxyl groups is 1. The molecule has 0 amide bonds. The topological polar surface area (TPSA) is 274 Å². The van der Waals surface area contributed by atoms with Crippen LogP contribution in [0.1, 0.15) is 24.5 Å². The van der Waals surface area contributed by atoms with Crippen LogP contribution < -0.4 is 11.3 Å². The quantitative estimate of drug-likeness (QED) is 0.174. The number of alkyl halides is 1. The number of nitrogen functional groups attached to an aromatic ring is 1. The van der Waals surface area contributed by atoms with Crippen LogP contribution in [0.4, 0.5) is 10.2 Å². The lowest BCUT2D eigenvalue weighted by Crippen LogP contribution is -2.38. The maximum absolute atomic E-state index is 15.8. The number of hydrogen-bond acceptors (Lipinski definition) is 15. The summed E-state index contributed by atoms with van der Waals surface area (Å²) in [7, 11) is -10.1. The first kappa shape index (κ1) is 30.1. The Labute approximate surface area is 255 Å². The van der Waals surface area contributed by atoms with Crippen LogP contribution in [-0.4, -0.2) is 97.7 Å². The standard InChI is InChI=1S/C23H26FN9O11P2/c1-8-30-20-13(21(35)31-8)29-7-33(20)22-16-11(24)10(42-22)3-40-45(36,37)44-17-15(34)14(9-2-23(9,17)4-41-46(38,39)43-16)32-6-28-12-18(25)26-5-27-19(12)32/h5-7,9-11,14-17,22,34H,2-4H2,1H3,(H,36,37)(H,38,39)(H2,25,26,27)(H,30,31,35)/t9-,10-,11-,14-,15+,16-,17+,22-,23-/m1/s1. The first-order chi connectivity index (χ1) is 21.8. The van der Waals surface area contributed by atoms with Crippen molar-refractivity contribution in [3.8, 4) is 0 Å². The highest BCUT2D eigenvalue weighted by atomic mass is 31.2. The van der Waals surface area contributed by atoms with Gasteiger partial charge in [0.2, 0.25) is 0 Å². The van der Waals surface area contributed by atoms with Crippen molar-refractivity contribution in [3.63, 3.8) is 0 Å². The number of hydrogen-bond donors (Lipinski definition) is 5. The number of anilines is 1. The third kappa shape index (κ3) is 4.57. The molecule has 2 aliphatic heterocycles. The van der Waals surface area contributed by atoms with Gasteiger partial charge in [-0.3, -0.25) is 27.5 Å². The normalized spacial score (nSPS) is 41.1. The van der Waals surface area contributed by atoms with Crippen LogP contribution in [-0.2, 0) is 32.0 Å². The number of nitrogens with one attached hydrogen (secondary N) is 1. The number of fused-ring (bicyclic) bond motifs is 4. The second-order valence-corrected chi connectivity index (χ2v) is 14.5. The molecule has 246 valence electrons. The molecule has 6 N–H and O–H groups in total. The van der Waals surface area contributed by atoms with Gasteiger partial charge in [0.1, 0.15) is 42.1 Å². The molecule has 4 fully saturated rings. The van der Waals surface area contributed by atoms with Gasteiger partial charge >= 0.3 is 15.6 Å². The monoisotopic (exact) mass is 685 g/mol. The lowest BCUT2D eigenvalue weighted by atomic mass is 10.0. The maximum Gasteiger partial charge on any atom is 0.472 e. The number of nitrogens with zero attached hydrogens (tertiary/aromatic N) is 7. The number of phosphoric ester groups is 2. The molecular weight excluding hydrogens is 659 g/mol. The van der Waals surface area contributed by atoms with Crippen LogP contribution in [0.5, 0.6) is 0 Å². The van der Waals surface area contributed by atoms with Crippen molar-refractivity contribution < 1.29 is 51.2 Å². The highest BCUT2D eigenvalue weighted by Gasteiger charge is 2.74. The van der Waals surface area contributed by atoms with E-state index >= 15 is 4.39 Å². The van der Waals surface area contributed by atoms with Crippen LogP contribution in [0.3, 0.4) is 0 Å². The average molecular weight is 685 g/mol. The number of nitrogens with two attached hydrogens (primary N) is 1. The summed E-state index contributed by atoms with van der Waals surface area (Å²) in [5.74, 6) is -0.233. The molecule has 1 spiro atoms. The van der Waals surface area contributed by atoms with E-state index < -0.39 is 88.6 Å². The first-order valence-corrected chi connectivity index (χ1v) is 16.9. The minimum Gasteiger partial charge on any atom is -0.388 e. The Morgan fingerprint density at radius 1 is 1.07 bits per heavy atom. The number of aromatic nitrogens is 8. The number of rotatable bonds is 2. The molecule has 46 heavy (non-hydrogen) atoms. The summed E-state index contributed by atoms with van der Waals surface area (Å²) in [4.78, 5) is 57.0. The van der Waals surface area contributed by atoms with Gasteiger partial charge in [0.25, 0.3) is 5.56 Å². The van der Waals surface area contributed by atoms with Crippen molar-refractivity contribution in [1.82, 2.24) is 39.0 Å². The van der Waals surface area contributed by atoms with E-state index in [1.54, 1.807) is 0 Å². The minimum absolute atomic E-state index is 0.0350. The van der Waals surface area contributed by atoms with Crippen molar-refractivity contribution in [2.24, 2.45) is 11.3 Å². The van der Waals surface area contributed by atoms with Crippen LogP contribution >= 0.6 is 15.6 Å². The Balaban J connectivity index is 1.14. The minimum atomic E-state index is -5.10. The van der Waals surface area contributed by atoms with Gasteiger partial charge in [0, 0.05) is 5.41 Å². The highest BCUT2D eigenvalue weighted by Crippen LogP contribution is 2.72. The number of ether oxygens (including phenoxy) is 1. The second kappa shape index (κ2) is 10.1. The molecule has 2 saturated carbocycles. The largest absolute Gasteiger partial charge is 0.472 e. The molecule has 2 saturated heterocycles. The molecular formula is C23H26FN9O11P2. The Morgan fingerprint density at radius 2 is 1.80 bits per heavy atom. The van der Waals surface area contributed by atoms with Gasteiger partial charge < -0.3 is 34.9 Å². The lowest BCUT2D eigenvalue weighted by Gasteiger charge is -2.30. The molecule has 11 atom stereocenters. The fourth-order valence-electron chi connectivity index (χ4n) is 6.87. The van der Waals surface area contributed by atoms with Gasteiger partial charge in [-0.25, -0.2) is 38.4 Å². The number of halogens is 1. The number of imidazole rings is 2. The summed E-state index contributed by atoms with van der Waals surface area (Å²) in [5, 5.41) is 11.4. The second-order valence-electron chi connectivity index (χ2n) is 11.7. The Hall–Kier alpha value is -3.23. The van der Waals surface area contributed by atoms with Gasteiger partial charge in [-0.1, -0.05) is 0 Å². The fraction of sp³-hybridized carbons (Fsp3) is 0.565. The maximum atomic E-state index is 15.8. The van der Waals surface area contributed by atoms with Crippen LogP contribution in [0.2, 0.25) is 0 Å². The highest BCUT2D eigenvalue weighted by molar-refractivity contribution is 7.47. The SMILES string of the molecule is Cc1nc2c(ncn2[C@@H]2O[C@@H]3COP(=O)(O)O[C@H]4[C@@H](O)[C@H](n5cnc6c(N)ncnc65)[C@H]5C[C@@]54COP(=O)(O)O[C@@H]2[C@@H]3F)c(=O)[nH]1. The summed E-state index contributed by atoms with van der Waals surface area (Å²) in [6.45, 7) is 0.0346. The fourth-order valence-corrected chi connectivity index (χ4v) is 8.88. The van der Waals surface area contributed by atoms with Crippen molar-refractivity contribution in [2.75, 3.05) is 18.9 Å². The summed E-state index contributed by atoms with van der Waals surface area (Å²) >= 11 is 0. The van der Waals surface area contributed by atoms with E-state index in [1.165, 1.54) is 24.1 Å². The average Bonchev–Trinajstić information content (AvgIpc) is 3.26. The van der Waals surface area contributed by atoms with E-state index in [0.717, 1.165) is 10.9 Å². The number of aromatic amines is 1. The number of H-pyrrole nitrogens is 1. The number of aryl methyl sites for hydroxylation is 1. The van der Waals surface area contributed by atoms with E-state index in [9.17, 15) is 28.8 Å². The van der Waals surface area contributed by atoms with E-state index in [4.69, 9.17) is 28.6 Å². The van der Waals surface area contributed by atoms with E-state index in [-0.39, 0.29) is 40.4 Å². The van der Waals surface area contributed by atoms with Gasteiger partial charge in [-0.2, -0.15) is 0 Å². The van der Waals surface area contributed by atoms with Crippen LogP contribution in [0.15, 0.2) is 23.8 Å². The third-order valence-corrected chi connectivity index (χ3v) is 10.9. The summed E-state index contributed by atoms with van der Waals surface area (Å²) in [6.07, 6.45) is -6.24. The zero-order chi connectivity index (χ0) is 32.3. The smallest absolute Gasteiger partial charge is 0.388 e. The molecule has 0 aromatic carbocycles. The van der Waals surface area contributed by atoms with Crippen molar-refractivity contribution in [3.05, 3.63) is 35.2 Å². The number of aliphatic hydroxyl groups excluding tert-OH is 1. The van der Waals surface area contributed by atoms with Crippen LogP contribution in [0, 0.1) is 18.3 Å². The zero-order valence-electron chi connectivity index (χ0n) is 23.6. The molecule has 6 heterocycles. The number of phosphoric acid groups is 2.